The number of esters is 1. The second-order valence-electron chi connectivity index (χ2n) is 28.8. The third kappa shape index (κ3) is 75.5. The van der Waals surface area contributed by atoms with Gasteiger partial charge in [-0.05, 0) is 51.4 Å². The van der Waals surface area contributed by atoms with Crippen LogP contribution in [0, 0.1) is 0 Å². The molecule has 6 nitrogen and oxygen atoms in total. The highest BCUT2D eigenvalue weighted by Crippen LogP contribution is 2.21. The molecule has 0 rings (SSSR count). The van der Waals surface area contributed by atoms with E-state index in [1.807, 2.05) is 0 Å². The lowest BCUT2D eigenvalue weighted by atomic mass is 10.0. The number of carbonyl (C=O) groups excluding carboxylic acids is 2. The molecular formula is C83H163NO5. The molecule has 0 aromatic rings. The van der Waals surface area contributed by atoms with Crippen molar-refractivity contribution in [2.45, 2.75) is 495 Å². The predicted molar refractivity (Wildman–Crippen MR) is 394 cm³/mol. The molecule has 6 heteroatoms. The molecule has 0 aliphatic heterocycles. The fourth-order valence-electron chi connectivity index (χ4n) is 13.5. The minimum atomic E-state index is -0.663. The molecule has 0 spiro atoms. The van der Waals surface area contributed by atoms with Gasteiger partial charge in [-0.1, -0.05) is 431 Å². The van der Waals surface area contributed by atoms with Crippen LogP contribution in [0.1, 0.15) is 483 Å². The Morgan fingerprint density at radius 3 is 0.798 bits per heavy atom. The van der Waals surface area contributed by atoms with E-state index in [1.165, 1.54) is 405 Å². The quantitative estimate of drug-likeness (QED) is 0.0320. The van der Waals surface area contributed by atoms with E-state index < -0.39 is 12.1 Å². The zero-order valence-electron chi connectivity index (χ0n) is 61.0. The Morgan fingerprint density at radius 1 is 0.303 bits per heavy atom. The number of allylic oxidation sites excluding steroid dienone is 2. The average Bonchev–Trinajstić information content (AvgIpc) is 3.60. The van der Waals surface area contributed by atoms with E-state index in [0.29, 0.717) is 25.9 Å². The molecule has 0 bridgehead atoms. The third-order valence-corrected chi connectivity index (χ3v) is 19.8. The fraction of sp³-hybridized carbons (Fsp3) is 0.952. The van der Waals surface area contributed by atoms with Gasteiger partial charge in [0.2, 0.25) is 5.91 Å². The molecule has 0 saturated carbocycles. The Balaban J connectivity index is 3.33. The predicted octanol–water partition coefficient (Wildman–Crippen LogP) is 27.4. The maximum Gasteiger partial charge on any atom is 0.305 e. The first kappa shape index (κ1) is 87.6. The first-order valence-electron chi connectivity index (χ1n) is 41.4. The van der Waals surface area contributed by atoms with Crippen LogP contribution in [0.25, 0.3) is 0 Å². The van der Waals surface area contributed by atoms with E-state index in [-0.39, 0.29) is 18.5 Å². The number of rotatable bonds is 79. The van der Waals surface area contributed by atoms with Gasteiger partial charge in [-0.3, -0.25) is 9.59 Å². The molecule has 0 aromatic heterocycles. The van der Waals surface area contributed by atoms with Gasteiger partial charge in [0.05, 0.1) is 25.4 Å². The van der Waals surface area contributed by atoms with Crippen molar-refractivity contribution in [3.63, 3.8) is 0 Å². The molecular weight excluding hydrogens is 1090 g/mol. The Bertz CT molecular complexity index is 1350. The fourth-order valence-corrected chi connectivity index (χ4v) is 13.5. The Kier molecular flexibility index (Phi) is 77.8. The van der Waals surface area contributed by atoms with Gasteiger partial charge in [0.15, 0.2) is 0 Å². The number of aliphatic hydroxyl groups is 2. The van der Waals surface area contributed by atoms with Crippen LogP contribution in [-0.4, -0.2) is 47.4 Å². The molecule has 3 N–H and O–H groups in total. The van der Waals surface area contributed by atoms with E-state index in [2.05, 4.69) is 31.3 Å². The number of hydrogen-bond donors (Lipinski definition) is 3. The lowest BCUT2D eigenvalue weighted by Gasteiger charge is -2.22. The molecule has 0 fully saturated rings. The van der Waals surface area contributed by atoms with Crippen LogP contribution in [0.4, 0.5) is 0 Å². The van der Waals surface area contributed by atoms with Gasteiger partial charge in [-0.25, -0.2) is 0 Å². The van der Waals surface area contributed by atoms with Crippen molar-refractivity contribution in [1.82, 2.24) is 5.32 Å². The van der Waals surface area contributed by atoms with Gasteiger partial charge < -0.3 is 20.3 Å². The largest absolute Gasteiger partial charge is 0.466 e. The summed E-state index contributed by atoms with van der Waals surface area (Å²) in [7, 11) is 0. The van der Waals surface area contributed by atoms with Crippen LogP contribution in [0.5, 0.6) is 0 Å². The molecule has 0 aromatic carbocycles. The molecule has 0 aliphatic rings. The number of amides is 1. The molecule has 1 amide bonds. The molecule has 2 atom stereocenters. The van der Waals surface area contributed by atoms with Crippen molar-refractivity contribution in [3.05, 3.63) is 12.2 Å². The van der Waals surface area contributed by atoms with Gasteiger partial charge in [-0.2, -0.15) is 0 Å². The number of hydrogen-bond acceptors (Lipinski definition) is 5. The highest BCUT2D eigenvalue weighted by molar-refractivity contribution is 5.76. The number of carbonyl (C=O) groups is 2. The molecule has 0 radical (unpaired) electrons. The normalized spacial score (nSPS) is 12.4. The molecule has 530 valence electrons. The van der Waals surface area contributed by atoms with Gasteiger partial charge >= 0.3 is 5.97 Å². The van der Waals surface area contributed by atoms with Crippen LogP contribution in [0.3, 0.4) is 0 Å². The topological polar surface area (TPSA) is 95.9 Å². The van der Waals surface area contributed by atoms with Gasteiger partial charge in [0.25, 0.3) is 0 Å². The minimum absolute atomic E-state index is 0.0183. The van der Waals surface area contributed by atoms with Crippen molar-refractivity contribution in [1.29, 1.82) is 0 Å². The molecule has 0 saturated heterocycles. The molecule has 2 unspecified atom stereocenters. The summed E-state index contributed by atoms with van der Waals surface area (Å²) in [5.74, 6) is -0.00621. The summed E-state index contributed by atoms with van der Waals surface area (Å²) < 4.78 is 5.51. The first-order valence-corrected chi connectivity index (χ1v) is 41.4. The van der Waals surface area contributed by atoms with E-state index in [9.17, 15) is 19.8 Å². The monoisotopic (exact) mass is 1250 g/mol. The van der Waals surface area contributed by atoms with E-state index in [1.54, 1.807) is 0 Å². The summed E-state index contributed by atoms with van der Waals surface area (Å²) in [6.45, 7) is 5.01. The van der Waals surface area contributed by atoms with E-state index >= 15 is 0 Å². The van der Waals surface area contributed by atoms with Gasteiger partial charge in [-0.15, -0.1) is 0 Å². The molecule has 0 aliphatic carbocycles. The third-order valence-electron chi connectivity index (χ3n) is 19.8. The van der Waals surface area contributed by atoms with Gasteiger partial charge in [0.1, 0.15) is 0 Å². The Morgan fingerprint density at radius 2 is 0.528 bits per heavy atom. The van der Waals surface area contributed by atoms with Crippen LogP contribution >= 0.6 is 0 Å². The number of aliphatic hydroxyl groups excluding tert-OH is 2. The second-order valence-corrected chi connectivity index (χ2v) is 28.8. The zero-order chi connectivity index (χ0) is 64.2. The highest BCUT2D eigenvalue weighted by atomic mass is 16.5. The van der Waals surface area contributed by atoms with Gasteiger partial charge in [0, 0.05) is 12.8 Å². The van der Waals surface area contributed by atoms with Crippen molar-refractivity contribution in [2.24, 2.45) is 0 Å². The Hall–Kier alpha value is -1.40. The maximum absolute atomic E-state index is 12.6. The standard InChI is InChI=1S/C83H163NO5/c1-3-5-7-9-11-13-15-17-19-21-22-23-24-31-34-37-40-44-47-51-55-59-63-67-71-75-81(86)80(79-85)84-82(87)76-72-68-64-60-56-52-48-45-41-38-35-32-29-27-25-26-28-30-33-36-39-42-46-50-54-58-62-66-70-74-78-89-83(88)77-73-69-65-61-57-53-49-43-20-18-16-14-12-10-8-6-4-2/h18,20,80-81,85-86H,3-17,19,21-79H2,1-2H3,(H,84,87)/b20-18-. The maximum atomic E-state index is 12.6. The summed E-state index contributed by atoms with van der Waals surface area (Å²) >= 11 is 0. The lowest BCUT2D eigenvalue weighted by Crippen LogP contribution is -2.45. The molecule has 0 heterocycles. The van der Waals surface area contributed by atoms with Crippen molar-refractivity contribution in [2.75, 3.05) is 13.2 Å². The van der Waals surface area contributed by atoms with Crippen molar-refractivity contribution in [3.8, 4) is 0 Å². The summed E-state index contributed by atoms with van der Waals surface area (Å²) in [6.07, 6.45) is 100. The smallest absolute Gasteiger partial charge is 0.305 e. The van der Waals surface area contributed by atoms with Crippen LogP contribution in [0.2, 0.25) is 0 Å². The first-order chi connectivity index (χ1) is 44.0. The lowest BCUT2D eigenvalue weighted by molar-refractivity contribution is -0.143. The van der Waals surface area contributed by atoms with Crippen LogP contribution < -0.4 is 5.32 Å². The number of ether oxygens (including phenoxy) is 1. The van der Waals surface area contributed by atoms with Crippen LogP contribution in [0.15, 0.2) is 12.2 Å². The second kappa shape index (κ2) is 79.0. The number of nitrogens with one attached hydrogen (secondary N) is 1. The SMILES string of the molecule is CCCCCCCC/C=C\CCCCCCCCCC(=O)OCCCCCCCCCCCCCCCCCCCCCCCCCCCCCCCCC(=O)NC(CO)C(O)CCCCCCCCCCCCCCCCCCCCCCCCCCC. The van der Waals surface area contributed by atoms with E-state index in [4.69, 9.17) is 4.74 Å². The minimum Gasteiger partial charge on any atom is -0.466 e. The van der Waals surface area contributed by atoms with Crippen molar-refractivity contribution >= 4 is 11.9 Å². The zero-order valence-corrected chi connectivity index (χ0v) is 61.0. The highest BCUT2D eigenvalue weighted by Gasteiger charge is 2.20. The van der Waals surface area contributed by atoms with Crippen molar-refractivity contribution < 1.29 is 24.5 Å². The number of unbranched alkanes of at least 4 members (excludes halogenated alkanes) is 66. The summed E-state index contributed by atoms with van der Waals surface area (Å²) in [5, 5.41) is 23.5. The van der Waals surface area contributed by atoms with E-state index in [0.717, 1.165) is 44.9 Å². The molecule has 89 heavy (non-hydrogen) atoms. The summed E-state index contributed by atoms with van der Waals surface area (Å²) in [6, 6.07) is -0.540. The average molecular weight is 1260 g/mol. The Labute approximate surface area is 559 Å². The summed E-state index contributed by atoms with van der Waals surface area (Å²) in [4.78, 5) is 24.7. The summed E-state index contributed by atoms with van der Waals surface area (Å²) in [5.41, 5.74) is 0. The van der Waals surface area contributed by atoms with Crippen LogP contribution in [-0.2, 0) is 14.3 Å².